The van der Waals surface area contributed by atoms with E-state index in [9.17, 15) is 4.21 Å². The van der Waals surface area contributed by atoms with E-state index in [-0.39, 0.29) is 4.75 Å². The van der Waals surface area contributed by atoms with Crippen molar-refractivity contribution in [1.29, 1.82) is 0 Å². The Hall–Kier alpha value is -0.620. The van der Waals surface area contributed by atoms with Gasteiger partial charge in [-0.05, 0) is 46.5 Å². The van der Waals surface area contributed by atoms with Gasteiger partial charge in [0, 0.05) is 53.5 Å². The lowest BCUT2D eigenvalue weighted by Gasteiger charge is -2.34. The lowest BCUT2D eigenvalue weighted by Crippen LogP contribution is -2.49. The maximum atomic E-state index is 12.1. The first kappa shape index (κ1) is 21.4. The van der Waals surface area contributed by atoms with Crippen LogP contribution in [-0.2, 0) is 10.8 Å². The van der Waals surface area contributed by atoms with Crippen molar-refractivity contribution in [2.45, 2.75) is 65.2 Å². The molecule has 0 aliphatic carbocycles. The van der Waals surface area contributed by atoms with Crippen LogP contribution in [0.3, 0.4) is 0 Å². The van der Waals surface area contributed by atoms with Crippen LogP contribution in [0.1, 0.15) is 54.4 Å². The molecular formula is C18H38N4OS. The van der Waals surface area contributed by atoms with Crippen LogP contribution < -0.4 is 10.6 Å². The Kier molecular flexibility index (Phi) is 9.27. The third-order valence-corrected chi connectivity index (χ3v) is 6.04. The lowest BCUT2D eigenvalue weighted by atomic mass is 10.0. The van der Waals surface area contributed by atoms with Gasteiger partial charge < -0.3 is 15.5 Å². The highest BCUT2D eigenvalue weighted by Gasteiger charge is 2.21. The molecule has 0 amide bonds. The average Bonchev–Trinajstić information content (AvgIpc) is 2.47. The monoisotopic (exact) mass is 358 g/mol. The molecule has 2 N–H and O–H groups in total. The molecular weight excluding hydrogens is 320 g/mol. The zero-order valence-electron chi connectivity index (χ0n) is 16.5. The molecule has 1 aliphatic heterocycles. The molecule has 0 spiro atoms. The Balaban J connectivity index is 2.43. The van der Waals surface area contributed by atoms with E-state index in [1.165, 1.54) is 6.54 Å². The first-order chi connectivity index (χ1) is 11.2. The van der Waals surface area contributed by atoms with Gasteiger partial charge in [-0.15, -0.1) is 0 Å². The molecule has 24 heavy (non-hydrogen) atoms. The highest BCUT2D eigenvalue weighted by atomic mass is 32.2. The summed E-state index contributed by atoms with van der Waals surface area (Å²) < 4.78 is 12.0. The summed E-state index contributed by atoms with van der Waals surface area (Å²) in [6.45, 7) is 17.6. The van der Waals surface area contributed by atoms with Gasteiger partial charge in [-0.1, -0.05) is 13.8 Å². The topological polar surface area (TPSA) is 56.7 Å². The number of rotatable bonds is 7. The fourth-order valence-corrected chi connectivity index (χ4v) is 3.71. The molecule has 1 heterocycles. The minimum absolute atomic E-state index is 0.162. The second kappa shape index (κ2) is 10.4. The van der Waals surface area contributed by atoms with E-state index in [0.717, 1.165) is 44.4 Å². The number of nitrogens with zero attached hydrogens (tertiary/aromatic N) is 2. The van der Waals surface area contributed by atoms with Crippen molar-refractivity contribution in [2.24, 2.45) is 10.9 Å². The summed E-state index contributed by atoms with van der Waals surface area (Å²) in [5, 5.41) is 6.87. The normalized spacial score (nSPS) is 19.5. The lowest BCUT2D eigenvalue weighted by molar-refractivity contribution is 0.187. The van der Waals surface area contributed by atoms with Crippen LogP contribution in [0.2, 0.25) is 0 Å². The number of nitrogens with one attached hydrogen (secondary N) is 2. The zero-order chi connectivity index (χ0) is 18.2. The van der Waals surface area contributed by atoms with E-state index in [0.29, 0.717) is 18.3 Å². The molecule has 0 radical (unpaired) electrons. The Labute approximate surface area is 151 Å². The average molecular weight is 359 g/mol. The summed E-state index contributed by atoms with van der Waals surface area (Å²) in [4.78, 5) is 7.17. The van der Waals surface area contributed by atoms with E-state index < -0.39 is 10.8 Å². The van der Waals surface area contributed by atoms with Gasteiger partial charge >= 0.3 is 0 Å². The van der Waals surface area contributed by atoms with Crippen LogP contribution in [0.25, 0.3) is 0 Å². The van der Waals surface area contributed by atoms with Gasteiger partial charge in [0.15, 0.2) is 5.96 Å². The molecule has 0 aromatic rings. The van der Waals surface area contributed by atoms with Crippen molar-refractivity contribution in [3.8, 4) is 0 Å². The van der Waals surface area contributed by atoms with Crippen LogP contribution in [0.15, 0.2) is 4.99 Å². The largest absolute Gasteiger partial charge is 0.357 e. The second-order valence-corrected chi connectivity index (χ2v) is 10.4. The standard InChI is InChI=1S/C18H38N4OS/c1-7-19-17(20-10-13-24(23)18(4,5)6)21-16-8-11-22(12-9-16)14-15(2)3/h15-16H,7-14H2,1-6H3,(H2,19,20,21). The predicted molar refractivity (Wildman–Crippen MR) is 106 cm³/mol. The minimum atomic E-state index is -0.844. The van der Waals surface area contributed by atoms with E-state index in [1.807, 2.05) is 20.8 Å². The van der Waals surface area contributed by atoms with Gasteiger partial charge in [0.05, 0.1) is 6.54 Å². The number of hydrogen-bond acceptors (Lipinski definition) is 3. The molecule has 0 bridgehead atoms. The fourth-order valence-electron chi connectivity index (χ4n) is 2.84. The van der Waals surface area contributed by atoms with E-state index in [4.69, 9.17) is 0 Å². The van der Waals surface area contributed by atoms with Crippen LogP contribution in [0.4, 0.5) is 0 Å². The third-order valence-electron chi connectivity index (χ3n) is 4.13. The quantitative estimate of drug-likeness (QED) is 0.541. The molecule has 1 saturated heterocycles. The van der Waals surface area contributed by atoms with Crippen molar-refractivity contribution in [3.63, 3.8) is 0 Å². The van der Waals surface area contributed by atoms with Crippen molar-refractivity contribution in [1.82, 2.24) is 15.5 Å². The summed E-state index contributed by atoms with van der Waals surface area (Å²) >= 11 is 0. The van der Waals surface area contributed by atoms with Crippen LogP contribution in [0, 0.1) is 5.92 Å². The van der Waals surface area contributed by atoms with Gasteiger partial charge in [0.25, 0.3) is 0 Å². The van der Waals surface area contributed by atoms with Crippen LogP contribution >= 0.6 is 0 Å². The van der Waals surface area contributed by atoms with E-state index >= 15 is 0 Å². The number of likely N-dealkylation sites (tertiary alicyclic amines) is 1. The Bertz CT molecular complexity index is 410. The first-order valence-electron chi connectivity index (χ1n) is 9.38. The van der Waals surface area contributed by atoms with Gasteiger partial charge in [0.1, 0.15) is 0 Å². The molecule has 0 saturated carbocycles. The molecule has 1 unspecified atom stereocenters. The highest BCUT2D eigenvalue weighted by Crippen LogP contribution is 2.12. The highest BCUT2D eigenvalue weighted by molar-refractivity contribution is 7.86. The molecule has 0 aromatic heterocycles. The minimum Gasteiger partial charge on any atom is -0.357 e. The summed E-state index contributed by atoms with van der Waals surface area (Å²) in [5.41, 5.74) is 0. The Morgan fingerprint density at radius 2 is 1.92 bits per heavy atom. The van der Waals surface area contributed by atoms with Crippen molar-refractivity contribution < 1.29 is 4.21 Å². The predicted octanol–water partition coefficient (Wildman–Crippen LogP) is 2.21. The molecule has 1 atom stereocenters. The van der Waals surface area contributed by atoms with Gasteiger partial charge in [-0.2, -0.15) is 0 Å². The van der Waals surface area contributed by atoms with E-state index in [2.05, 4.69) is 41.3 Å². The van der Waals surface area contributed by atoms with E-state index in [1.54, 1.807) is 0 Å². The second-order valence-electron chi connectivity index (χ2n) is 8.04. The summed E-state index contributed by atoms with van der Waals surface area (Å²) in [6, 6.07) is 0.485. The SMILES string of the molecule is CCNC(=NCCS(=O)C(C)(C)C)NC1CCN(CC(C)C)CC1. The van der Waals surface area contributed by atoms with Crippen molar-refractivity contribution in [2.75, 3.05) is 38.5 Å². The maximum Gasteiger partial charge on any atom is 0.191 e. The van der Waals surface area contributed by atoms with Crippen LogP contribution in [-0.4, -0.2) is 64.3 Å². The number of piperidine rings is 1. The number of hydrogen-bond donors (Lipinski definition) is 2. The van der Waals surface area contributed by atoms with Crippen LogP contribution in [0.5, 0.6) is 0 Å². The summed E-state index contributed by atoms with van der Waals surface area (Å²) in [5.74, 6) is 2.22. The van der Waals surface area contributed by atoms with Gasteiger partial charge in [-0.3, -0.25) is 9.20 Å². The number of aliphatic imine (C=N–C) groups is 1. The molecule has 6 heteroatoms. The smallest absolute Gasteiger partial charge is 0.191 e. The molecule has 1 fully saturated rings. The molecule has 0 aromatic carbocycles. The molecule has 1 aliphatic rings. The zero-order valence-corrected chi connectivity index (χ0v) is 17.3. The first-order valence-corrected chi connectivity index (χ1v) is 10.7. The molecule has 142 valence electrons. The molecule has 1 rings (SSSR count). The molecule has 5 nitrogen and oxygen atoms in total. The summed E-state index contributed by atoms with van der Waals surface area (Å²) in [6.07, 6.45) is 2.32. The maximum absolute atomic E-state index is 12.1. The van der Waals surface area contributed by atoms with Crippen molar-refractivity contribution >= 4 is 16.8 Å². The Morgan fingerprint density at radius 1 is 1.29 bits per heavy atom. The Morgan fingerprint density at radius 3 is 2.42 bits per heavy atom. The fraction of sp³-hybridized carbons (Fsp3) is 0.944. The van der Waals surface area contributed by atoms with Crippen molar-refractivity contribution in [3.05, 3.63) is 0 Å². The number of guanidine groups is 1. The van der Waals surface area contributed by atoms with Gasteiger partial charge in [-0.25, -0.2) is 0 Å². The third kappa shape index (κ3) is 8.47. The van der Waals surface area contributed by atoms with Gasteiger partial charge in [0.2, 0.25) is 0 Å². The summed E-state index contributed by atoms with van der Waals surface area (Å²) in [7, 11) is -0.844.